The van der Waals surface area contributed by atoms with Crippen molar-refractivity contribution >= 4 is 11.8 Å². The summed E-state index contributed by atoms with van der Waals surface area (Å²) in [5.41, 5.74) is 3.87. The third-order valence-electron chi connectivity index (χ3n) is 3.16. The molecule has 0 bridgehead atoms. The van der Waals surface area contributed by atoms with Gasteiger partial charge in [0.05, 0.1) is 17.7 Å². The van der Waals surface area contributed by atoms with Crippen LogP contribution in [0.4, 0.5) is 0 Å². The standard InChI is InChI=1S/C17H17NOS/c1-11-4-5-12(2)16(8-11)20-17-9-14(10-18)6-7-15(17)13(3)19/h4-9,13,19H,1-3H3/t13-/m1/s1. The lowest BCUT2D eigenvalue weighted by Crippen LogP contribution is -1.95. The van der Waals surface area contributed by atoms with Crippen molar-refractivity contribution in [2.75, 3.05) is 0 Å². The highest BCUT2D eigenvalue weighted by Gasteiger charge is 2.11. The molecule has 3 heteroatoms. The number of nitrogens with zero attached hydrogens (tertiary/aromatic N) is 1. The first-order valence-electron chi connectivity index (χ1n) is 6.48. The highest BCUT2D eigenvalue weighted by atomic mass is 32.2. The summed E-state index contributed by atoms with van der Waals surface area (Å²) in [6, 6.07) is 13.9. The Bertz CT molecular complexity index is 671. The zero-order chi connectivity index (χ0) is 14.7. The van der Waals surface area contributed by atoms with Crippen molar-refractivity contribution in [2.45, 2.75) is 36.7 Å². The van der Waals surface area contributed by atoms with E-state index < -0.39 is 6.10 Å². The molecule has 0 aliphatic carbocycles. The van der Waals surface area contributed by atoms with Crippen LogP contribution in [-0.4, -0.2) is 5.11 Å². The second kappa shape index (κ2) is 6.13. The van der Waals surface area contributed by atoms with Gasteiger partial charge in [0, 0.05) is 9.79 Å². The topological polar surface area (TPSA) is 44.0 Å². The van der Waals surface area contributed by atoms with Crippen LogP contribution in [0.3, 0.4) is 0 Å². The molecule has 2 aromatic carbocycles. The van der Waals surface area contributed by atoms with E-state index in [4.69, 9.17) is 5.26 Å². The van der Waals surface area contributed by atoms with E-state index in [0.717, 1.165) is 15.4 Å². The fraction of sp³-hybridized carbons (Fsp3) is 0.235. The quantitative estimate of drug-likeness (QED) is 0.909. The Morgan fingerprint density at radius 1 is 1.10 bits per heavy atom. The van der Waals surface area contributed by atoms with Crippen molar-refractivity contribution in [2.24, 2.45) is 0 Å². The van der Waals surface area contributed by atoms with Gasteiger partial charge < -0.3 is 5.11 Å². The van der Waals surface area contributed by atoms with Crippen LogP contribution in [0.15, 0.2) is 46.2 Å². The highest BCUT2D eigenvalue weighted by molar-refractivity contribution is 7.99. The Balaban J connectivity index is 2.46. The molecule has 0 radical (unpaired) electrons. The van der Waals surface area contributed by atoms with Crippen molar-refractivity contribution in [1.29, 1.82) is 5.26 Å². The number of benzene rings is 2. The zero-order valence-corrected chi connectivity index (χ0v) is 12.7. The molecule has 0 unspecified atom stereocenters. The van der Waals surface area contributed by atoms with Crippen LogP contribution in [0.1, 0.15) is 35.3 Å². The van der Waals surface area contributed by atoms with Gasteiger partial charge in [-0.05, 0) is 55.7 Å². The largest absolute Gasteiger partial charge is 0.389 e. The van der Waals surface area contributed by atoms with Crippen molar-refractivity contribution in [3.8, 4) is 6.07 Å². The molecule has 2 nitrogen and oxygen atoms in total. The molecule has 20 heavy (non-hydrogen) atoms. The maximum atomic E-state index is 9.87. The SMILES string of the molecule is Cc1ccc(C)c(Sc2cc(C#N)ccc2[C@@H](C)O)c1. The molecule has 0 fully saturated rings. The molecule has 0 amide bonds. The lowest BCUT2D eigenvalue weighted by molar-refractivity contribution is 0.196. The predicted molar refractivity (Wildman–Crippen MR) is 81.8 cm³/mol. The smallest absolute Gasteiger partial charge is 0.0992 e. The molecule has 0 saturated carbocycles. The number of aryl methyl sites for hydroxylation is 2. The van der Waals surface area contributed by atoms with Crippen molar-refractivity contribution < 1.29 is 5.11 Å². The summed E-state index contributed by atoms with van der Waals surface area (Å²) in [5.74, 6) is 0. The summed E-state index contributed by atoms with van der Waals surface area (Å²) in [4.78, 5) is 2.09. The van der Waals surface area contributed by atoms with Gasteiger partial charge in [-0.2, -0.15) is 5.26 Å². The Kier molecular flexibility index (Phi) is 4.49. The normalized spacial score (nSPS) is 11.9. The van der Waals surface area contributed by atoms with Gasteiger partial charge in [-0.25, -0.2) is 0 Å². The Hall–Kier alpha value is -1.76. The van der Waals surface area contributed by atoms with Crippen molar-refractivity contribution in [3.63, 3.8) is 0 Å². The van der Waals surface area contributed by atoms with Crippen LogP contribution in [0.2, 0.25) is 0 Å². The van der Waals surface area contributed by atoms with E-state index in [-0.39, 0.29) is 0 Å². The molecule has 0 saturated heterocycles. The average molecular weight is 283 g/mol. The maximum Gasteiger partial charge on any atom is 0.0992 e. The van der Waals surface area contributed by atoms with Gasteiger partial charge in [-0.15, -0.1) is 0 Å². The molecule has 0 heterocycles. The molecular weight excluding hydrogens is 266 g/mol. The first-order chi connectivity index (χ1) is 9.51. The third kappa shape index (κ3) is 3.22. The molecule has 0 aliphatic heterocycles. The van der Waals surface area contributed by atoms with Crippen LogP contribution in [-0.2, 0) is 0 Å². The van der Waals surface area contributed by atoms with Crippen molar-refractivity contribution in [3.05, 3.63) is 58.7 Å². The molecule has 0 aliphatic rings. The monoisotopic (exact) mass is 283 g/mol. The van der Waals surface area contributed by atoms with Crippen LogP contribution in [0.5, 0.6) is 0 Å². The molecular formula is C17H17NOS. The minimum atomic E-state index is -0.546. The van der Waals surface area contributed by atoms with E-state index in [9.17, 15) is 5.11 Å². The van der Waals surface area contributed by atoms with Crippen LogP contribution in [0.25, 0.3) is 0 Å². The number of aliphatic hydroxyl groups excluding tert-OH is 1. The van der Waals surface area contributed by atoms with Gasteiger partial charge in [0.1, 0.15) is 0 Å². The summed E-state index contributed by atoms with van der Waals surface area (Å²) >= 11 is 1.60. The summed E-state index contributed by atoms with van der Waals surface area (Å²) in [6.45, 7) is 5.87. The van der Waals surface area contributed by atoms with E-state index in [1.807, 2.05) is 12.1 Å². The van der Waals surface area contributed by atoms with E-state index in [1.165, 1.54) is 11.1 Å². The minimum absolute atomic E-state index is 0.546. The van der Waals surface area contributed by atoms with Crippen LogP contribution in [0, 0.1) is 25.2 Å². The fourth-order valence-electron chi connectivity index (χ4n) is 1.97. The first-order valence-corrected chi connectivity index (χ1v) is 7.30. The van der Waals surface area contributed by atoms with Gasteiger partial charge in [0.2, 0.25) is 0 Å². The van der Waals surface area contributed by atoms with Gasteiger partial charge in [-0.1, -0.05) is 30.0 Å². The number of nitriles is 1. The molecule has 2 aromatic rings. The number of aliphatic hydroxyl groups is 1. The van der Waals surface area contributed by atoms with Crippen LogP contribution >= 0.6 is 11.8 Å². The second-order valence-corrected chi connectivity index (χ2v) is 6.00. The fourth-order valence-corrected chi connectivity index (χ4v) is 3.23. The number of rotatable bonds is 3. The summed E-state index contributed by atoms with van der Waals surface area (Å²) in [5, 5.41) is 18.9. The summed E-state index contributed by atoms with van der Waals surface area (Å²) < 4.78 is 0. The second-order valence-electron chi connectivity index (χ2n) is 4.91. The first kappa shape index (κ1) is 14.6. The van der Waals surface area contributed by atoms with Gasteiger partial charge in [0.25, 0.3) is 0 Å². The number of hydrogen-bond donors (Lipinski definition) is 1. The number of hydrogen-bond acceptors (Lipinski definition) is 3. The van der Waals surface area contributed by atoms with Crippen molar-refractivity contribution in [1.82, 2.24) is 0 Å². The molecule has 1 atom stereocenters. The highest BCUT2D eigenvalue weighted by Crippen LogP contribution is 2.36. The van der Waals surface area contributed by atoms with E-state index in [1.54, 1.807) is 24.8 Å². The summed E-state index contributed by atoms with van der Waals surface area (Å²) in [7, 11) is 0. The zero-order valence-electron chi connectivity index (χ0n) is 11.8. The lowest BCUT2D eigenvalue weighted by atomic mass is 10.1. The average Bonchev–Trinajstić information content (AvgIpc) is 2.42. The minimum Gasteiger partial charge on any atom is -0.389 e. The summed E-state index contributed by atoms with van der Waals surface area (Å²) in [6.07, 6.45) is -0.546. The van der Waals surface area contributed by atoms with Gasteiger partial charge >= 0.3 is 0 Å². The van der Waals surface area contributed by atoms with E-state index >= 15 is 0 Å². The Labute approximate surface area is 124 Å². The molecule has 102 valence electrons. The Morgan fingerprint density at radius 3 is 2.50 bits per heavy atom. The molecule has 0 spiro atoms. The van der Waals surface area contributed by atoms with Gasteiger partial charge in [-0.3, -0.25) is 0 Å². The predicted octanol–water partition coefficient (Wildman–Crippen LogP) is 4.38. The lowest BCUT2D eigenvalue weighted by Gasteiger charge is -2.13. The van der Waals surface area contributed by atoms with E-state index in [0.29, 0.717) is 5.56 Å². The molecule has 0 aromatic heterocycles. The van der Waals surface area contributed by atoms with E-state index in [2.05, 4.69) is 38.1 Å². The molecule has 1 N–H and O–H groups in total. The maximum absolute atomic E-state index is 9.87. The Morgan fingerprint density at radius 2 is 1.85 bits per heavy atom. The van der Waals surface area contributed by atoms with Gasteiger partial charge in [0.15, 0.2) is 0 Å². The van der Waals surface area contributed by atoms with Crippen LogP contribution < -0.4 is 0 Å². The molecule has 2 rings (SSSR count). The third-order valence-corrected chi connectivity index (χ3v) is 4.39.